The first-order valence-corrected chi connectivity index (χ1v) is 6.01. The number of hydrogen-bond donors (Lipinski definition) is 2. The second-order valence-corrected chi connectivity index (χ2v) is 5.32. The molecule has 4 heteroatoms. The van der Waals surface area contributed by atoms with Crippen LogP contribution in [0.3, 0.4) is 0 Å². The van der Waals surface area contributed by atoms with E-state index >= 15 is 0 Å². The lowest BCUT2D eigenvalue weighted by Crippen LogP contribution is -2.32. The maximum Gasteiger partial charge on any atom is 0.231 e. The predicted molar refractivity (Wildman–Crippen MR) is 61.0 cm³/mol. The molecular formula is C12H17N3O. The van der Waals surface area contributed by atoms with Crippen LogP contribution in [0.5, 0.6) is 0 Å². The number of aromatic nitrogens is 2. The standard InChI is InChI=1S/C12H17N3O/c1-8-6-10(15-14-8)13-11(16)12-4-2-9(7-12)3-5-12/h6,9H,2-5,7H2,1H3,(H2,13,14,15,16). The molecule has 0 saturated heterocycles. The van der Waals surface area contributed by atoms with Gasteiger partial charge in [-0.05, 0) is 44.9 Å². The highest BCUT2D eigenvalue weighted by atomic mass is 16.2. The average Bonchev–Trinajstić information content (AvgIpc) is 2.94. The highest BCUT2D eigenvalue weighted by molar-refractivity contribution is 5.95. The van der Waals surface area contributed by atoms with Gasteiger partial charge in [0.25, 0.3) is 0 Å². The predicted octanol–water partition coefficient (Wildman–Crippen LogP) is 2.24. The minimum absolute atomic E-state index is 0.0719. The fraction of sp³-hybridized carbons (Fsp3) is 0.667. The van der Waals surface area contributed by atoms with Crippen molar-refractivity contribution in [2.45, 2.75) is 39.0 Å². The van der Waals surface area contributed by atoms with E-state index < -0.39 is 0 Å². The third-order valence-electron chi connectivity index (χ3n) is 4.17. The molecule has 1 amide bonds. The van der Waals surface area contributed by atoms with E-state index in [4.69, 9.17) is 0 Å². The van der Waals surface area contributed by atoms with Crippen LogP contribution in [0, 0.1) is 18.3 Å². The molecule has 86 valence electrons. The van der Waals surface area contributed by atoms with Crippen molar-refractivity contribution in [1.82, 2.24) is 10.2 Å². The molecule has 16 heavy (non-hydrogen) atoms. The van der Waals surface area contributed by atoms with Crippen LogP contribution in [0.1, 0.15) is 37.8 Å². The lowest BCUT2D eigenvalue weighted by Gasteiger charge is -2.24. The maximum atomic E-state index is 12.2. The summed E-state index contributed by atoms with van der Waals surface area (Å²) in [6, 6.07) is 1.87. The minimum Gasteiger partial charge on any atom is -0.309 e. The summed E-state index contributed by atoms with van der Waals surface area (Å²) in [7, 11) is 0. The summed E-state index contributed by atoms with van der Waals surface area (Å²) < 4.78 is 0. The van der Waals surface area contributed by atoms with Gasteiger partial charge in [0.15, 0.2) is 5.82 Å². The topological polar surface area (TPSA) is 57.8 Å². The monoisotopic (exact) mass is 219 g/mol. The highest BCUT2D eigenvalue weighted by Gasteiger charge is 2.49. The summed E-state index contributed by atoms with van der Waals surface area (Å²) in [4.78, 5) is 12.2. The third kappa shape index (κ3) is 1.44. The van der Waals surface area contributed by atoms with Crippen molar-refractivity contribution in [3.63, 3.8) is 0 Å². The molecule has 2 fully saturated rings. The number of aryl methyl sites for hydroxylation is 1. The molecule has 1 aromatic rings. The van der Waals surface area contributed by atoms with E-state index in [-0.39, 0.29) is 11.3 Å². The molecule has 0 aliphatic heterocycles. The number of aromatic amines is 1. The van der Waals surface area contributed by atoms with Crippen LogP contribution < -0.4 is 5.32 Å². The van der Waals surface area contributed by atoms with E-state index in [0.717, 1.165) is 30.9 Å². The van der Waals surface area contributed by atoms with Crippen molar-refractivity contribution in [2.75, 3.05) is 5.32 Å². The van der Waals surface area contributed by atoms with Crippen LogP contribution >= 0.6 is 0 Å². The second-order valence-electron chi connectivity index (χ2n) is 5.32. The quantitative estimate of drug-likeness (QED) is 0.801. The Morgan fingerprint density at radius 1 is 1.56 bits per heavy atom. The van der Waals surface area contributed by atoms with E-state index in [9.17, 15) is 4.79 Å². The van der Waals surface area contributed by atoms with Gasteiger partial charge >= 0.3 is 0 Å². The Morgan fingerprint density at radius 3 is 2.81 bits per heavy atom. The van der Waals surface area contributed by atoms with E-state index in [0.29, 0.717) is 5.82 Å². The van der Waals surface area contributed by atoms with Crippen LogP contribution in [0.15, 0.2) is 6.07 Å². The van der Waals surface area contributed by atoms with Crippen molar-refractivity contribution >= 4 is 11.7 Å². The molecule has 0 radical (unpaired) electrons. The Bertz CT molecular complexity index is 416. The van der Waals surface area contributed by atoms with Gasteiger partial charge in [0.2, 0.25) is 5.91 Å². The van der Waals surface area contributed by atoms with Gasteiger partial charge in [-0.15, -0.1) is 0 Å². The van der Waals surface area contributed by atoms with Crippen LogP contribution in [-0.4, -0.2) is 16.1 Å². The zero-order valence-corrected chi connectivity index (χ0v) is 9.55. The number of nitrogens with one attached hydrogen (secondary N) is 2. The van der Waals surface area contributed by atoms with E-state index in [1.165, 1.54) is 12.8 Å². The van der Waals surface area contributed by atoms with Gasteiger partial charge in [0, 0.05) is 17.2 Å². The zero-order chi connectivity index (χ0) is 11.2. The number of carbonyl (C=O) groups excluding carboxylic acids is 1. The van der Waals surface area contributed by atoms with Gasteiger partial charge in [0.05, 0.1) is 0 Å². The number of rotatable bonds is 2. The van der Waals surface area contributed by atoms with E-state index in [1.54, 1.807) is 0 Å². The molecule has 0 spiro atoms. The van der Waals surface area contributed by atoms with Crippen LogP contribution in [0.4, 0.5) is 5.82 Å². The maximum absolute atomic E-state index is 12.2. The Hall–Kier alpha value is -1.32. The van der Waals surface area contributed by atoms with Gasteiger partial charge in [-0.2, -0.15) is 5.10 Å². The number of carbonyl (C=O) groups is 1. The van der Waals surface area contributed by atoms with Crippen molar-refractivity contribution in [3.05, 3.63) is 11.8 Å². The van der Waals surface area contributed by atoms with Crippen LogP contribution in [0.2, 0.25) is 0 Å². The van der Waals surface area contributed by atoms with Gasteiger partial charge in [-0.25, -0.2) is 0 Å². The lowest BCUT2D eigenvalue weighted by atomic mass is 9.83. The molecule has 2 aliphatic carbocycles. The number of hydrogen-bond acceptors (Lipinski definition) is 2. The number of H-pyrrole nitrogens is 1. The van der Waals surface area contributed by atoms with E-state index in [1.807, 2.05) is 13.0 Å². The molecule has 2 saturated carbocycles. The molecule has 0 unspecified atom stereocenters. The van der Waals surface area contributed by atoms with Gasteiger partial charge in [-0.3, -0.25) is 9.89 Å². The molecule has 3 rings (SSSR count). The fourth-order valence-electron chi connectivity index (χ4n) is 3.24. The summed E-state index contributed by atoms with van der Waals surface area (Å²) in [5, 5.41) is 9.83. The Kier molecular flexibility index (Phi) is 2.06. The van der Waals surface area contributed by atoms with Crippen molar-refractivity contribution in [2.24, 2.45) is 11.3 Å². The summed E-state index contributed by atoms with van der Waals surface area (Å²) in [5.41, 5.74) is 0.904. The molecule has 4 nitrogen and oxygen atoms in total. The normalized spacial score (nSPS) is 31.9. The lowest BCUT2D eigenvalue weighted by molar-refractivity contribution is -0.125. The zero-order valence-electron chi connectivity index (χ0n) is 9.55. The summed E-state index contributed by atoms with van der Waals surface area (Å²) in [6.07, 6.45) is 5.67. The van der Waals surface area contributed by atoms with Gasteiger partial charge in [-0.1, -0.05) is 0 Å². The van der Waals surface area contributed by atoms with Crippen LogP contribution in [0.25, 0.3) is 0 Å². The molecule has 0 atom stereocenters. The number of amides is 1. The van der Waals surface area contributed by atoms with Gasteiger partial charge in [0.1, 0.15) is 0 Å². The summed E-state index contributed by atoms with van der Waals surface area (Å²) in [5.74, 6) is 1.64. The van der Waals surface area contributed by atoms with Crippen molar-refractivity contribution in [1.29, 1.82) is 0 Å². The third-order valence-corrected chi connectivity index (χ3v) is 4.17. The number of fused-ring (bicyclic) bond motifs is 2. The van der Waals surface area contributed by atoms with Crippen molar-refractivity contribution in [3.8, 4) is 0 Å². The molecule has 0 aromatic carbocycles. The number of anilines is 1. The Balaban J connectivity index is 1.74. The molecule has 2 aliphatic rings. The van der Waals surface area contributed by atoms with Crippen LogP contribution in [-0.2, 0) is 4.79 Å². The molecule has 1 aromatic heterocycles. The summed E-state index contributed by atoms with van der Waals surface area (Å²) >= 11 is 0. The summed E-state index contributed by atoms with van der Waals surface area (Å²) in [6.45, 7) is 1.93. The molecular weight excluding hydrogens is 202 g/mol. The van der Waals surface area contributed by atoms with Crippen molar-refractivity contribution < 1.29 is 4.79 Å². The minimum atomic E-state index is -0.0719. The largest absolute Gasteiger partial charge is 0.309 e. The molecule has 2 bridgehead atoms. The first-order valence-electron chi connectivity index (χ1n) is 6.01. The first-order chi connectivity index (χ1) is 7.68. The van der Waals surface area contributed by atoms with E-state index in [2.05, 4.69) is 15.5 Å². The Labute approximate surface area is 94.8 Å². The van der Waals surface area contributed by atoms with Gasteiger partial charge < -0.3 is 5.32 Å². The number of nitrogens with zero attached hydrogens (tertiary/aromatic N) is 1. The Morgan fingerprint density at radius 2 is 2.31 bits per heavy atom. The molecule has 1 heterocycles. The SMILES string of the molecule is Cc1cc(NC(=O)C23CCC(CC2)C3)n[nH]1. The first kappa shape index (κ1) is 9.87. The smallest absolute Gasteiger partial charge is 0.231 e. The highest BCUT2D eigenvalue weighted by Crippen LogP contribution is 2.54. The fourth-order valence-corrected chi connectivity index (χ4v) is 3.24. The molecule has 2 N–H and O–H groups in total. The second kappa shape index (κ2) is 3.34. The average molecular weight is 219 g/mol.